The SMILES string of the molecule is C=C(C)c1ccc(OCCCCCCCCCCCCCCCCCCc2ccc(C=CC(=O)c3ccc(F)cc3)cc2)cc1. The second kappa shape index (κ2) is 22.1. The molecule has 0 saturated carbocycles. The van der Waals surface area contributed by atoms with Crippen molar-refractivity contribution in [3.63, 3.8) is 0 Å². The van der Waals surface area contributed by atoms with Crippen molar-refractivity contribution in [1.82, 2.24) is 0 Å². The molecule has 0 heterocycles. The molecule has 0 atom stereocenters. The van der Waals surface area contributed by atoms with E-state index in [0.717, 1.165) is 36.3 Å². The molecule has 0 aromatic heterocycles. The summed E-state index contributed by atoms with van der Waals surface area (Å²) in [5.41, 5.74) is 5.12. The fraction of sp³-hybridized carbons (Fsp3) is 0.452. The van der Waals surface area contributed by atoms with E-state index in [2.05, 4.69) is 43.0 Å². The van der Waals surface area contributed by atoms with Crippen LogP contribution < -0.4 is 4.74 Å². The first-order chi connectivity index (χ1) is 22.0. The molecule has 0 aliphatic rings. The summed E-state index contributed by atoms with van der Waals surface area (Å²) >= 11 is 0. The Bertz CT molecular complexity index is 1260. The van der Waals surface area contributed by atoms with Crippen molar-refractivity contribution in [3.8, 4) is 5.75 Å². The van der Waals surface area contributed by atoms with Gasteiger partial charge in [0.2, 0.25) is 0 Å². The summed E-state index contributed by atoms with van der Waals surface area (Å²) in [7, 11) is 0. The number of aryl methyl sites for hydroxylation is 1. The lowest BCUT2D eigenvalue weighted by Crippen LogP contribution is -1.97. The fourth-order valence-corrected chi connectivity index (χ4v) is 5.61. The highest BCUT2D eigenvalue weighted by atomic mass is 19.1. The molecule has 45 heavy (non-hydrogen) atoms. The molecule has 0 saturated heterocycles. The summed E-state index contributed by atoms with van der Waals surface area (Å²) in [4.78, 5) is 12.2. The van der Waals surface area contributed by atoms with Gasteiger partial charge in [0.1, 0.15) is 11.6 Å². The maximum atomic E-state index is 13.0. The highest BCUT2D eigenvalue weighted by Crippen LogP contribution is 2.18. The van der Waals surface area contributed by atoms with Gasteiger partial charge in [0.15, 0.2) is 5.78 Å². The van der Waals surface area contributed by atoms with Gasteiger partial charge in [-0.15, -0.1) is 0 Å². The van der Waals surface area contributed by atoms with E-state index in [1.165, 1.54) is 132 Å². The van der Waals surface area contributed by atoms with Crippen molar-refractivity contribution in [2.45, 2.75) is 116 Å². The number of rotatable bonds is 24. The van der Waals surface area contributed by atoms with Crippen molar-refractivity contribution in [1.29, 1.82) is 0 Å². The molecule has 3 heteroatoms. The van der Waals surface area contributed by atoms with Crippen molar-refractivity contribution >= 4 is 17.4 Å². The minimum atomic E-state index is -0.332. The monoisotopic (exact) mass is 610 g/mol. The first kappa shape index (κ1) is 36.0. The molecule has 0 unspecified atom stereocenters. The Labute approximate surface area is 272 Å². The topological polar surface area (TPSA) is 26.3 Å². The van der Waals surface area contributed by atoms with Gasteiger partial charge in [-0.3, -0.25) is 4.79 Å². The van der Waals surface area contributed by atoms with Crippen LogP contribution in [-0.2, 0) is 6.42 Å². The molecule has 0 aliphatic heterocycles. The predicted molar refractivity (Wildman–Crippen MR) is 190 cm³/mol. The third kappa shape index (κ3) is 15.9. The summed E-state index contributed by atoms with van der Waals surface area (Å²) in [6.07, 6.45) is 25.9. The fourth-order valence-electron chi connectivity index (χ4n) is 5.61. The highest BCUT2D eigenvalue weighted by molar-refractivity contribution is 6.06. The number of allylic oxidation sites excluding steroid dienone is 2. The molecule has 0 aliphatic carbocycles. The van der Waals surface area contributed by atoms with Crippen LogP contribution in [0.3, 0.4) is 0 Å². The van der Waals surface area contributed by atoms with Crippen LogP contribution >= 0.6 is 0 Å². The van der Waals surface area contributed by atoms with Crippen LogP contribution in [0.25, 0.3) is 11.6 Å². The average molecular weight is 611 g/mol. The third-order valence-electron chi connectivity index (χ3n) is 8.51. The number of ether oxygens (including phenoxy) is 1. The molecule has 2 nitrogen and oxygen atoms in total. The number of hydrogen-bond donors (Lipinski definition) is 0. The Hall–Kier alpha value is -3.46. The number of hydrogen-bond acceptors (Lipinski definition) is 2. The lowest BCUT2D eigenvalue weighted by molar-refractivity contribution is 0.104. The minimum Gasteiger partial charge on any atom is -0.494 e. The molecule has 0 bridgehead atoms. The Morgan fingerprint density at radius 3 is 1.60 bits per heavy atom. The lowest BCUT2D eigenvalue weighted by Gasteiger charge is -2.07. The van der Waals surface area contributed by atoms with Crippen molar-refractivity contribution < 1.29 is 13.9 Å². The maximum absolute atomic E-state index is 13.0. The van der Waals surface area contributed by atoms with Crippen LogP contribution in [0.4, 0.5) is 4.39 Å². The lowest BCUT2D eigenvalue weighted by atomic mass is 10.0. The van der Waals surface area contributed by atoms with E-state index in [0.29, 0.717) is 5.56 Å². The van der Waals surface area contributed by atoms with Gasteiger partial charge in [-0.25, -0.2) is 4.39 Å². The number of halogens is 1. The van der Waals surface area contributed by atoms with Gasteiger partial charge in [0.05, 0.1) is 6.61 Å². The molecule has 0 spiro atoms. The first-order valence-electron chi connectivity index (χ1n) is 17.5. The number of carbonyl (C=O) groups excluding carboxylic acids is 1. The molecule has 242 valence electrons. The smallest absolute Gasteiger partial charge is 0.185 e. The van der Waals surface area contributed by atoms with Crippen LogP contribution in [0.15, 0.2) is 85.5 Å². The van der Waals surface area contributed by atoms with Gasteiger partial charge in [-0.05, 0) is 85.4 Å². The van der Waals surface area contributed by atoms with E-state index < -0.39 is 0 Å². The molecule has 0 fully saturated rings. The zero-order valence-corrected chi connectivity index (χ0v) is 27.7. The van der Waals surface area contributed by atoms with Gasteiger partial charge in [-0.1, -0.05) is 145 Å². The first-order valence-corrected chi connectivity index (χ1v) is 17.5. The molecule has 3 aromatic carbocycles. The zero-order chi connectivity index (χ0) is 32.0. The summed E-state index contributed by atoms with van der Waals surface area (Å²) < 4.78 is 18.9. The maximum Gasteiger partial charge on any atom is 0.185 e. The quantitative estimate of drug-likeness (QED) is 0.0573. The van der Waals surface area contributed by atoms with E-state index in [1.54, 1.807) is 6.08 Å². The average Bonchev–Trinajstić information content (AvgIpc) is 3.05. The second-order valence-corrected chi connectivity index (χ2v) is 12.5. The Kier molecular flexibility index (Phi) is 17.7. The standard InChI is InChI=1S/C42H55FO2/c1-35(2)38-27-31-41(32-28-38)45-34-18-16-14-12-10-8-6-4-3-5-7-9-11-13-15-17-19-36-20-22-37(23-21-36)24-33-42(44)39-25-29-40(43)30-26-39/h20-33H,1,3-19,34H2,2H3. The number of ketones is 1. The minimum absolute atomic E-state index is 0.114. The summed E-state index contributed by atoms with van der Waals surface area (Å²) in [6.45, 7) is 6.82. The molecule has 3 aromatic rings. The van der Waals surface area contributed by atoms with Crippen molar-refractivity contribution in [2.75, 3.05) is 6.61 Å². The second-order valence-electron chi connectivity index (χ2n) is 12.5. The van der Waals surface area contributed by atoms with Crippen LogP contribution in [-0.4, -0.2) is 12.4 Å². The number of benzene rings is 3. The number of carbonyl (C=O) groups is 1. The van der Waals surface area contributed by atoms with Crippen LogP contribution in [0, 0.1) is 5.82 Å². The van der Waals surface area contributed by atoms with Crippen molar-refractivity contribution in [2.24, 2.45) is 0 Å². The molecule has 3 rings (SSSR count). The van der Waals surface area contributed by atoms with Gasteiger partial charge < -0.3 is 4.74 Å². The van der Waals surface area contributed by atoms with Gasteiger partial charge in [0.25, 0.3) is 0 Å². The molecule has 0 radical (unpaired) electrons. The van der Waals surface area contributed by atoms with Gasteiger partial charge in [-0.2, -0.15) is 0 Å². The molecule has 0 N–H and O–H groups in total. The van der Waals surface area contributed by atoms with Crippen LogP contribution in [0.2, 0.25) is 0 Å². The van der Waals surface area contributed by atoms with E-state index in [-0.39, 0.29) is 11.6 Å². The largest absolute Gasteiger partial charge is 0.494 e. The van der Waals surface area contributed by atoms with Crippen LogP contribution in [0.1, 0.15) is 137 Å². The third-order valence-corrected chi connectivity index (χ3v) is 8.51. The predicted octanol–water partition coefficient (Wildman–Crippen LogP) is 12.6. The van der Waals surface area contributed by atoms with E-state index >= 15 is 0 Å². The normalized spacial score (nSPS) is 11.2. The number of unbranched alkanes of at least 4 members (excludes halogenated alkanes) is 15. The Balaban J connectivity index is 1.05. The van der Waals surface area contributed by atoms with Gasteiger partial charge in [0, 0.05) is 5.56 Å². The summed E-state index contributed by atoms with van der Waals surface area (Å²) in [5.74, 6) is 0.514. The van der Waals surface area contributed by atoms with Gasteiger partial charge >= 0.3 is 0 Å². The molecular weight excluding hydrogens is 555 g/mol. The highest BCUT2D eigenvalue weighted by Gasteiger charge is 2.02. The summed E-state index contributed by atoms with van der Waals surface area (Å²) in [6, 6.07) is 22.4. The molecular formula is C42H55FO2. The van der Waals surface area contributed by atoms with E-state index in [9.17, 15) is 9.18 Å². The zero-order valence-electron chi connectivity index (χ0n) is 27.7. The van der Waals surface area contributed by atoms with Crippen molar-refractivity contribution in [3.05, 3.63) is 114 Å². The summed E-state index contributed by atoms with van der Waals surface area (Å²) in [5, 5.41) is 0. The van der Waals surface area contributed by atoms with Crippen LogP contribution in [0.5, 0.6) is 5.75 Å². The van der Waals surface area contributed by atoms with E-state index in [1.807, 2.05) is 25.1 Å². The Morgan fingerprint density at radius 1 is 0.622 bits per heavy atom. The molecule has 0 amide bonds. The Morgan fingerprint density at radius 2 is 1.09 bits per heavy atom. The van der Waals surface area contributed by atoms with E-state index in [4.69, 9.17) is 4.74 Å².